The number of amidine groups is 1. The fourth-order valence-corrected chi connectivity index (χ4v) is 1.49. The third-order valence-corrected chi connectivity index (χ3v) is 2.33. The fraction of sp³-hybridized carbons (Fsp3) is 0.0625. The number of nitrogens with two attached hydrogens (primary N) is 2. The zero-order chi connectivity index (χ0) is 14.1. The smallest absolute Gasteiger partial charge is 0.124 e. The van der Waals surface area contributed by atoms with Gasteiger partial charge in [-0.3, -0.25) is 5.41 Å². The van der Waals surface area contributed by atoms with Crippen molar-refractivity contribution in [2.24, 2.45) is 11.5 Å². The number of hydrogen-bond donors (Lipinski definition) is 3. The Labute approximate surface area is 113 Å². The topological polar surface area (TPSA) is 75.9 Å². The third-order valence-electron chi connectivity index (χ3n) is 2.33. The van der Waals surface area contributed by atoms with Crippen molar-refractivity contribution in [1.29, 1.82) is 5.41 Å². The van der Waals surface area contributed by atoms with Crippen LogP contribution < -0.4 is 11.5 Å². The first-order chi connectivity index (χ1) is 9.27. The number of nitrogens with one attached hydrogen (secondary N) is 1. The highest BCUT2D eigenvalue weighted by Crippen LogP contribution is 2.06. The summed E-state index contributed by atoms with van der Waals surface area (Å²) in [6.45, 7) is 0. The zero-order valence-electron chi connectivity index (χ0n) is 10.9. The SMILES string of the molecule is CN.N=C(N)c1ccccc1C#Cc1ccccc1. The summed E-state index contributed by atoms with van der Waals surface area (Å²) >= 11 is 0. The molecular weight excluding hydrogens is 234 g/mol. The second kappa shape index (κ2) is 7.70. The van der Waals surface area contributed by atoms with Crippen LogP contribution in [0.15, 0.2) is 54.6 Å². The van der Waals surface area contributed by atoms with Gasteiger partial charge in [0.1, 0.15) is 5.84 Å². The normalized spacial score (nSPS) is 8.53. The molecule has 3 heteroatoms. The van der Waals surface area contributed by atoms with Crippen molar-refractivity contribution < 1.29 is 0 Å². The Hall–Kier alpha value is -2.57. The van der Waals surface area contributed by atoms with Crippen LogP contribution in [0.4, 0.5) is 0 Å². The lowest BCUT2D eigenvalue weighted by molar-refractivity contribution is 1.41. The highest BCUT2D eigenvalue weighted by molar-refractivity contribution is 5.97. The Kier molecular flexibility index (Phi) is 5.87. The van der Waals surface area contributed by atoms with Crippen LogP contribution in [0.3, 0.4) is 0 Å². The van der Waals surface area contributed by atoms with Crippen molar-refractivity contribution in [1.82, 2.24) is 0 Å². The highest BCUT2D eigenvalue weighted by atomic mass is 14.7. The molecule has 0 amide bonds. The Morgan fingerprint density at radius 2 is 1.47 bits per heavy atom. The summed E-state index contributed by atoms with van der Waals surface area (Å²) in [5.74, 6) is 6.14. The molecule has 0 atom stereocenters. The third kappa shape index (κ3) is 4.30. The van der Waals surface area contributed by atoms with Gasteiger partial charge in [-0.25, -0.2) is 0 Å². The lowest BCUT2D eigenvalue weighted by atomic mass is 10.1. The van der Waals surface area contributed by atoms with Crippen LogP contribution in [0.2, 0.25) is 0 Å². The lowest BCUT2D eigenvalue weighted by Crippen LogP contribution is -2.12. The summed E-state index contributed by atoms with van der Waals surface area (Å²) in [6, 6.07) is 17.2. The van der Waals surface area contributed by atoms with E-state index in [9.17, 15) is 0 Å². The van der Waals surface area contributed by atoms with E-state index in [0.717, 1.165) is 11.1 Å². The number of benzene rings is 2. The quantitative estimate of drug-likeness (QED) is 0.411. The maximum absolute atomic E-state index is 7.47. The van der Waals surface area contributed by atoms with Crippen LogP contribution in [0, 0.1) is 17.3 Å². The predicted molar refractivity (Wildman–Crippen MR) is 80.0 cm³/mol. The maximum atomic E-state index is 7.47. The largest absolute Gasteiger partial charge is 0.384 e. The molecule has 0 aliphatic carbocycles. The highest BCUT2D eigenvalue weighted by Gasteiger charge is 2.00. The Balaban J connectivity index is 0.000000861. The molecule has 5 N–H and O–H groups in total. The van der Waals surface area contributed by atoms with Gasteiger partial charge in [0.25, 0.3) is 0 Å². The van der Waals surface area contributed by atoms with Crippen LogP contribution >= 0.6 is 0 Å². The first-order valence-electron chi connectivity index (χ1n) is 5.85. The summed E-state index contributed by atoms with van der Waals surface area (Å²) in [4.78, 5) is 0. The van der Waals surface area contributed by atoms with Crippen molar-refractivity contribution in [2.45, 2.75) is 0 Å². The van der Waals surface area contributed by atoms with Crippen molar-refractivity contribution in [3.63, 3.8) is 0 Å². The molecule has 96 valence electrons. The molecule has 0 saturated heterocycles. The molecule has 0 saturated carbocycles. The summed E-state index contributed by atoms with van der Waals surface area (Å²) in [5.41, 5.74) is 12.4. The van der Waals surface area contributed by atoms with Crippen molar-refractivity contribution in [3.05, 3.63) is 71.3 Å². The van der Waals surface area contributed by atoms with Gasteiger partial charge in [0.2, 0.25) is 0 Å². The van der Waals surface area contributed by atoms with Gasteiger partial charge in [0, 0.05) is 16.7 Å². The van der Waals surface area contributed by atoms with Crippen molar-refractivity contribution in [2.75, 3.05) is 7.05 Å². The average molecular weight is 251 g/mol. The fourth-order valence-electron chi connectivity index (χ4n) is 1.49. The first kappa shape index (κ1) is 14.5. The molecule has 3 nitrogen and oxygen atoms in total. The number of hydrogen-bond acceptors (Lipinski definition) is 2. The minimum absolute atomic E-state index is 0.0444. The minimum atomic E-state index is 0.0444. The monoisotopic (exact) mass is 251 g/mol. The molecule has 0 spiro atoms. The molecule has 2 aromatic rings. The maximum Gasteiger partial charge on any atom is 0.124 e. The second-order valence-corrected chi connectivity index (χ2v) is 3.58. The van der Waals surface area contributed by atoms with Gasteiger partial charge >= 0.3 is 0 Å². The molecule has 0 unspecified atom stereocenters. The number of nitrogen functional groups attached to an aromatic ring is 1. The van der Waals surface area contributed by atoms with E-state index < -0.39 is 0 Å². The Bertz CT molecular complexity index is 592. The predicted octanol–water partition coefficient (Wildman–Crippen LogP) is 1.95. The molecule has 0 aromatic heterocycles. The summed E-state index contributed by atoms with van der Waals surface area (Å²) < 4.78 is 0. The van der Waals surface area contributed by atoms with E-state index in [1.807, 2.05) is 48.5 Å². The van der Waals surface area contributed by atoms with Gasteiger partial charge in [-0.1, -0.05) is 48.2 Å². The molecule has 2 rings (SSSR count). The molecule has 0 aliphatic heterocycles. The van der Waals surface area contributed by atoms with Gasteiger partial charge in [-0.2, -0.15) is 0 Å². The molecule has 0 radical (unpaired) electrons. The van der Waals surface area contributed by atoms with Crippen LogP contribution in [-0.2, 0) is 0 Å². The van der Waals surface area contributed by atoms with Crippen molar-refractivity contribution >= 4 is 5.84 Å². The van der Waals surface area contributed by atoms with Gasteiger partial charge in [-0.15, -0.1) is 0 Å². The van der Waals surface area contributed by atoms with Crippen LogP contribution in [-0.4, -0.2) is 12.9 Å². The summed E-state index contributed by atoms with van der Waals surface area (Å²) in [7, 11) is 1.50. The van der Waals surface area contributed by atoms with Crippen LogP contribution in [0.5, 0.6) is 0 Å². The molecule has 19 heavy (non-hydrogen) atoms. The molecule has 2 aromatic carbocycles. The first-order valence-corrected chi connectivity index (χ1v) is 5.85. The van der Waals surface area contributed by atoms with Gasteiger partial charge in [0.15, 0.2) is 0 Å². The van der Waals surface area contributed by atoms with Gasteiger partial charge in [0.05, 0.1) is 0 Å². The van der Waals surface area contributed by atoms with E-state index in [1.165, 1.54) is 7.05 Å². The number of rotatable bonds is 1. The van der Waals surface area contributed by atoms with Crippen LogP contribution in [0.25, 0.3) is 0 Å². The molecular formula is C16H17N3. The van der Waals surface area contributed by atoms with E-state index in [2.05, 4.69) is 17.6 Å². The van der Waals surface area contributed by atoms with E-state index >= 15 is 0 Å². The molecule has 0 fully saturated rings. The Morgan fingerprint density at radius 3 is 2.11 bits per heavy atom. The molecule has 0 aliphatic rings. The van der Waals surface area contributed by atoms with Crippen LogP contribution in [0.1, 0.15) is 16.7 Å². The standard InChI is InChI=1S/C15H12N2.CH5N/c16-15(17)14-9-5-4-8-13(14)11-10-12-6-2-1-3-7-12;1-2/h1-9H,(H3,16,17);2H2,1H3. The molecule has 0 bridgehead atoms. The minimum Gasteiger partial charge on any atom is -0.384 e. The van der Waals surface area contributed by atoms with Gasteiger partial charge in [-0.05, 0) is 25.2 Å². The molecule has 0 heterocycles. The van der Waals surface area contributed by atoms with E-state index in [1.54, 1.807) is 6.07 Å². The van der Waals surface area contributed by atoms with E-state index in [4.69, 9.17) is 11.1 Å². The van der Waals surface area contributed by atoms with Gasteiger partial charge < -0.3 is 11.5 Å². The Morgan fingerprint density at radius 1 is 0.895 bits per heavy atom. The lowest BCUT2D eigenvalue weighted by Gasteiger charge is -2.00. The zero-order valence-corrected chi connectivity index (χ0v) is 10.9. The average Bonchev–Trinajstić information content (AvgIpc) is 2.48. The van der Waals surface area contributed by atoms with E-state index in [0.29, 0.717) is 5.56 Å². The summed E-state index contributed by atoms with van der Waals surface area (Å²) in [6.07, 6.45) is 0. The summed E-state index contributed by atoms with van der Waals surface area (Å²) in [5, 5.41) is 7.47. The second-order valence-electron chi connectivity index (χ2n) is 3.58. The van der Waals surface area contributed by atoms with Crippen molar-refractivity contribution in [3.8, 4) is 11.8 Å². The van der Waals surface area contributed by atoms with E-state index in [-0.39, 0.29) is 5.84 Å².